The van der Waals surface area contributed by atoms with Gasteiger partial charge in [0.05, 0.1) is 12.1 Å². The Kier molecular flexibility index (Phi) is 6.10. The van der Waals surface area contributed by atoms with Gasteiger partial charge in [0.25, 0.3) is 5.91 Å². The quantitative estimate of drug-likeness (QED) is 0.717. The zero-order valence-electron chi connectivity index (χ0n) is 17.4. The summed E-state index contributed by atoms with van der Waals surface area (Å²) in [5.74, 6) is 0.769. The van der Waals surface area contributed by atoms with Gasteiger partial charge < -0.3 is 19.5 Å². The number of carbonyl (C=O) groups is 2. The molecular formula is C21H27N3O5. The van der Waals surface area contributed by atoms with Gasteiger partial charge in [-0.05, 0) is 38.8 Å². The second-order valence-electron chi connectivity index (χ2n) is 7.59. The van der Waals surface area contributed by atoms with Crippen molar-refractivity contribution in [1.29, 1.82) is 0 Å². The lowest BCUT2D eigenvalue weighted by molar-refractivity contribution is -0.152. The summed E-state index contributed by atoms with van der Waals surface area (Å²) in [4.78, 5) is 24.8. The van der Waals surface area contributed by atoms with Crippen molar-refractivity contribution >= 4 is 17.6 Å². The van der Waals surface area contributed by atoms with E-state index in [0.29, 0.717) is 23.1 Å². The van der Waals surface area contributed by atoms with Gasteiger partial charge in [-0.3, -0.25) is 14.3 Å². The maximum atomic E-state index is 12.4. The fourth-order valence-electron chi connectivity index (χ4n) is 3.17. The maximum Gasteiger partial charge on any atom is 0.311 e. The van der Waals surface area contributed by atoms with E-state index in [9.17, 15) is 9.59 Å². The molecule has 156 valence electrons. The number of carbonyl (C=O) groups excluding carboxylic acids is 2. The van der Waals surface area contributed by atoms with Crippen molar-refractivity contribution in [3.05, 3.63) is 35.2 Å². The molecule has 1 atom stereocenters. The molecule has 0 bridgehead atoms. The summed E-state index contributed by atoms with van der Waals surface area (Å²) < 4.78 is 17.8. The molecule has 8 heteroatoms. The molecule has 1 aliphatic rings. The van der Waals surface area contributed by atoms with Crippen LogP contribution in [-0.2, 0) is 27.3 Å². The molecule has 2 heterocycles. The number of nitrogens with zero attached hydrogens (tertiary/aromatic N) is 2. The molecule has 0 spiro atoms. The van der Waals surface area contributed by atoms with E-state index in [1.54, 1.807) is 25.1 Å². The Morgan fingerprint density at radius 1 is 1.21 bits per heavy atom. The summed E-state index contributed by atoms with van der Waals surface area (Å²) in [5, 5.41) is 7.23. The van der Waals surface area contributed by atoms with E-state index < -0.39 is 18.0 Å². The number of hydrogen-bond donors (Lipinski definition) is 1. The van der Waals surface area contributed by atoms with Gasteiger partial charge >= 0.3 is 5.97 Å². The molecule has 0 saturated heterocycles. The van der Waals surface area contributed by atoms with Crippen molar-refractivity contribution in [3.63, 3.8) is 0 Å². The Bertz CT molecular complexity index is 919. The molecule has 0 saturated carbocycles. The second-order valence-corrected chi connectivity index (χ2v) is 7.59. The number of ether oxygens (including phenoxy) is 3. The van der Waals surface area contributed by atoms with Crippen LogP contribution in [0.3, 0.4) is 0 Å². The van der Waals surface area contributed by atoms with Crippen LogP contribution < -0.4 is 14.8 Å². The molecule has 3 rings (SSSR count). The monoisotopic (exact) mass is 401 g/mol. The third-order valence-corrected chi connectivity index (χ3v) is 4.71. The van der Waals surface area contributed by atoms with Crippen LogP contribution in [0.2, 0.25) is 0 Å². The number of nitrogens with one attached hydrogen (secondary N) is 1. The SMILES string of the molecule is Cc1nn(CC(C)C)c(C)c1CC(=O)OC(C)C(=O)Nc1ccc2c(c1)OCO2. The van der Waals surface area contributed by atoms with E-state index in [1.807, 2.05) is 18.5 Å². The van der Waals surface area contributed by atoms with Crippen LogP contribution in [0.25, 0.3) is 0 Å². The van der Waals surface area contributed by atoms with E-state index in [0.717, 1.165) is 23.5 Å². The summed E-state index contributed by atoms with van der Waals surface area (Å²) in [6.45, 7) is 10.5. The van der Waals surface area contributed by atoms with Crippen molar-refractivity contribution in [2.24, 2.45) is 5.92 Å². The third-order valence-electron chi connectivity index (χ3n) is 4.71. The fraction of sp³-hybridized carbons (Fsp3) is 0.476. The molecule has 0 fully saturated rings. The number of aromatic nitrogens is 2. The van der Waals surface area contributed by atoms with Crippen molar-refractivity contribution in [2.45, 2.75) is 53.7 Å². The highest BCUT2D eigenvalue weighted by atomic mass is 16.7. The van der Waals surface area contributed by atoms with Crippen LogP contribution in [0, 0.1) is 19.8 Å². The first kappa shape index (κ1) is 20.7. The van der Waals surface area contributed by atoms with E-state index in [-0.39, 0.29) is 13.2 Å². The van der Waals surface area contributed by atoms with Crippen LogP contribution >= 0.6 is 0 Å². The minimum absolute atomic E-state index is 0.0808. The highest BCUT2D eigenvalue weighted by molar-refractivity contribution is 5.95. The largest absolute Gasteiger partial charge is 0.454 e. The van der Waals surface area contributed by atoms with E-state index in [1.165, 1.54) is 0 Å². The Balaban J connectivity index is 1.57. The van der Waals surface area contributed by atoms with Crippen LogP contribution in [0.5, 0.6) is 11.5 Å². The van der Waals surface area contributed by atoms with Crippen molar-refractivity contribution in [1.82, 2.24) is 9.78 Å². The number of fused-ring (bicyclic) bond motifs is 1. The fourth-order valence-corrected chi connectivity index (χ4v) is 3.17. The molecule has 8 nitrogen and oxygen atoms in total. The standard InChI is InChI=1S/C21H27N3O5/c1-12(2)10-24-14(4)17(13(3)23-24)9-20(25)29-15(5)21(26)22-16-6-7-18-19(8-16)28-11-27-18/h6-8,12,15H,9-11H2,1-5H3,(H,22,26). The number of aryl methyl sites for hydroxylation is 1. The van der Waals surface area contributed by atoms with Crippen molar-refractivity contribution in [3.8, 4) is 11.5 Å². The first-order valence-corrected chi connectivity index (χ1v) is 9.67. The van der Waals surface area contributed by atoms with Gasteiger partial charge in [-0.15, -0.1) is 0 Å². The summed E-state index contributed by atoms with van der Waals surface area (Å²) >= 11 is 0. The number of anilines is 1. The van der Waals surface area contributed by atoms with Gasteiger partial charge in [0.2, 0.25) is 6.79 Å². The molecule has 0 aliphatic carbocycles. The Morgan fingerprint density at radius 2 is 1.93 bits per heavy atom. The number of hydrogen-bond acceptors (Lipinski definition) is 6. The van der Waals surface area contributed by atoms with E-state index >= 15 is 0 Å². The first-order valence-electron chi connectivity index (χ1n) is 9.67. The van der Waals surface area contributed by atoms with Crippen LogP contribution in [-0.4, -0.2) is 34.6 Å². The van der Waals surface area contributed by atoms with Crippen molar-refractivity contribution in [2.75, 3.05) is 12.1 Å². The zero-order chi connectivity index (χ0) is 21.1. The summed E-state index contributed by atoms with van der Waals surface area (Å²) in [7, 11) is 0. The summed E-state index contributed by atoms with van der Waals surface area (Å²) in [6, 6.07) is 5.09. The summed E-state index contributed by atoms with van der Waals surface area (Å²) in [5.41, 5.74) is 3.14. The van der Waals surface area contributed by atoms with Crippen molar-refractivity contribution < 1.29 is 23.8 Å². The lowest BCUT2D eigenvalue weighted by Crippen LogP contribution is -2.30. The molecule has 1 aromatic heterocycles. The Morgan fingerprint density at radius 3 is 2.66 bits per heavy atom. The number of benzene rings is 1. The molecular weight excluding hydrogens is 374 g/mol. The molecule has 1 aliphatic heterocycles. The van der Waals surface area contributed by atoms with Gasteiger partial charge in [-0.1, -0.05) is 13.8 Å². The first-order chi connectivity index (χ1) is 13.7. The molecule has 0 radical (unpaired) electrons. The molecule has 2 aromatic rings. The Labute approximate surface area is 170 Å². The average molecular weight is 401 g/mol. The second kappa shape index (κ2) is 8.55. The zero-order valence-corrected chi connectivity index (χ0v) is 17.4. The predicted octanol–water partition coefficient (Wildman–Crippen LogP) is 3.00. The van der Waals surface area contributed by atoms with Gasteiger partial charge in [0.15, 0.2) is 17.6 Å². The van der Waals surface area contributed by atoms with Gasteiger partial charge in [0.1, 0.15) is 0 Å². The summed E-state index contributed by atoms with van der Waals surface area (Å²) in [6.07, 6.45) is -0.850. The predicted molar refractivity (Wildman–Crippen MR) is 107 cm³/mol. The molecule has 1 amide bonds. The van der Waals surface area contributed by atoms with Crippen LogP contribution in [0.4, 0.5) is 5.69 Å². The Hall–Kier alpha value is -3.03. The average Bonchev–Trinajstić information content (AvgIpc) is 3.21. The third kappa shape index (κ3) is 4.88. The molecule has 1 unspecified atom stereocenters. The number of esters is 1. The van der Waals surface area contributed by atoms with E-state index in [4.69, 9.17) is 14.2 Å². The van der Waals surface area contributed by atoms with E-state index in [2.05, 4.69) is 24.3 Å². The topological polar surface area (TPSA) is 91.7 Å². The molecule has 1 N–H and O–H groups in total. The van der Waals surface area contributed by atoms with Gasteiger partial charge in [-0.25, -0.2) is 0 Å². The maximum absolute atomic E-state index is 12.4. The minimum Gasteiger partial charge on any atom is -0.454 e. The lowest BCUT2D eigenvalue weighted by atomic mass is 10.1. The van der Waals surface area contributed by atoms with Gasteiger partial charge in [0, 0.05) is 29.6 Å². The van der Waals surface area contributed by atoms with Crippen LogP contribution in [0.15, 0.2) is 18.2 Å². The number of rotatable bonds is 7. The normalized spacial score (nSPS) is 13.4. The lowest BCUT2D eigenvalue weighted by Gasteiger charge is -2.14. The van der Waals surface area contributed by atoms with Gasteiger partial charge in [-0.2, -0.15) is 5.10 Å². The molecule has 29 heavy (non-hydrogen) atoms. The minimum atomic E-state index is -0.931. The smallest absolute Gasteiger partial charge is 0.311 e. The van der Waals surface area contributed by atoms with Crippen LogP contribution in [0.1, 0.15) is 37.7 Å². The number of amides is 1. The highest BCUT2D eigenvalue weighted by Crippen LogP contribution is 2.34. The highest BCUT2D eigenvalue weighted by Gasteiger charge is 2.22. The molecule has 1 aromatic carbocycles.